The summed E-state index contributed by atoms with van der Waals surface area (Å²) < 4.78 is 24.8. The molecule has 0 aromatic carbocycles. The Labute approximate surface area is 88.2 Å². The van der Waals surface area contributed by atoms with E-state index < -0.39 is 9.84 Å². The molecule has 1 aliphatic heterocycles. The molecule has 1 fully saturated rings. The SMILES string of the molecule is Nc1nn(C2CCC2)c2c1CS(=O)(=O)C2. The molecule has 2 aliphatic rings. The highest BCUT2D eigenvalue weighted by Gasteiger charge is 2.34. The van der Waals surface area contributed by atoms with Gasteiger partial charge in [-0.15, -0.1) is 0 Å². The molecule has 0 atom stereocenters. The van der Waals surface area contributed by atoms with Gasteiger partial charge in [0.15, 0.2) is 9.84 Å². The lowest BCUT2D eigenvalue weighted by molar-refractivity contribution is 0.285. The molecule has 2 heterocycles. The predicted octanol–water partition coefficient (Wildman–Crippen LogP) is 0.619. The van der Waals surface area contributed by atoms with Crippen LogP contribution in [0, 0.1) is 0 Å². The number of hydrogen-bond donors (Lipinski definition) is 1. The van der Waals surface area contributed by atoms with Crippen molar-refractivity contribution in [3.8, 4) is 0 Å². The number of nitrogens with zero attached hydrogens (tertiary/aromatic N) is 2. The zero-order valence-electron chi connectivity index (χ0n) is 8.31. The minimum Gasteiger partial charge on any atom is -0.382 e. The maximum atomic E-state index is 11.5. The van der Waals surface area contributed by atoms with Gasteiger partial charge in [0, 0.05) is 5.56 Å². The predicted molar refractivity (Wildman–Crippen MR) is 55.9 cm³/mol. The van der Waals surface area contributed by atoms with E-state index in [2.05, 4.69) is 5.10 Å². The fourth-order valence-corrected chi connectivity index (χ4v) is 3.83. The number of nitrogen functional groups attached to an aromatic ring is 1. The lowest BCUT2D eigenvalue weighted by Crippen LogP contribution is -2.20. The van der Waals surface area contributed by atoms with Gasteiger partial charge in [0.05, 0.1) is 23.2 Å². The van der Waals surface area contributed by atoms with Gasteiger partial charge in [0.1, 0.15) is 5.82 Å². The van der Waals surface area contributed by atoms with E-state index in [4.69, 9.17) is 5.73 Å². The lowest BCUT2D eigenvalue weighted by Gasteiger charge is -2.26. The first-order valence-electron chi connectivity index (χ1n) is 5.13. The van der Waals surface area contributed by atoms with E-state index in [0.29, 0.717) is 11.9 Å². The monoisotopic (exact) mass is 227 g/mol. The van der Waals surface area contributed by atoms with Gasteiger partial charge in [-0.3, -0.25) is 4.68 Å². The summed E-state index contributed by atoms with van der Waals surface area (Å²) in [4.78, 5) is 0. The average molecular weight is 227 g/mol. The van der Waals surface area contributed by atoms with Gasteiger partial charge in [-0.05, 0) is 19.3 Å². The maximum absolute atomic E-state index is 11.5. The summed E-state index contributed by atoms with van der Waals surface area (Å²) in [7, 11) is -2.97. The highest BCUT2D eigenvalue weighted by atomic mass is 32.2. The summed E-state index contributed by atoms with van der Waals surface area (Å²) in [6.07, 6.45) is 3.38. The van der Waals surface area contributed by atoms with Crippen molar-refractivity contribution >= 4 is 15.7 Å². The Hall–Kier alpha value is -1.04. The van der Waals surface area contributed by atoms with Gasteiger partial charge in [-0.2, -0.15) is 5.10 Å². The second kappa shape index (κ2) is 2.75. The number of aromatic nitrogens is 2. The Morgan fingerprint density at radius 3 is 2.67 bits per heavy atom. The first-order chi connectivity index (χ1) is 7.07. The maximum Gasteiger partial charge on any atom is 0.160 e. The number of fused-ring (bicyclic) bond motifs is 1. The van der Waals surface area contributed by atoms with Crippen LogP contribution in [0.15, 0.2) is 0 Å². The summed E-state index contributed by atoms with van der Waals surface area (Å²) in [5, 5.41) is 4.25. The van der Waals surface area contributed by atoms with E-state index in [1.807, 2.05) is 4.68 Å². The summed E-state index contributed by atoms with van der Waals surface area (Å²) in [6, 6.07) is 0.379. The van der Waals surface area contributed by atoms with Crippen LogP contribution in [-0.2, 0) is 21.3 Å². The van der Waals surface area contributed by atoms with Crippen molar-refractivity contribution in [1.82, 2.24) is 9.78 Å². The fraction of sp³-hybridized carbons (Fsp3) is 0.667. The van der Waals surface area contributed by atoms with Gasteiger partial charge in [0.25, 0.3) is 0 Å². The second-order valence-electron chi connectivity index (χ2n) is 4.37. The lowest BCUT2D eigenvalue weighted by atomic mass is 9.93. The van der Waals surface area contributed by atoms with Crippen LogP contribution in [0.4, 0.5) is 5.82 Å². The molecule has 1 aromatic heterocycles. The van der Waals surface area contributed by atoms with E-state index in [1.54, 1.807) is 0 Å². The van der Waals surface area contributed by atoms with E-state index >= 15 is 0 Å². The second-order valence-corrected chi connectivity index (χ2v) is 6.44. The van der Waals surface area contributed by atoms with Crippen LogP contribution >= 0.6 is 0 Å². The van der Waals surface area contributed by atoms with Crippen LogP contribution < -0.4 is 5.73 Å². The van der Waals surface area contributed by atoms with Crippen LogP contribution in [0.3, 0.4) is 0 Å². The molecule has 5 nitrogen and oxygen atoms in total. The van der Waals surface area contributed by atoms with Gasteiger partial charge in [-0.1, -0.05) is 0 Å². The third-order valence-electron chi connectivity index (χ3n) is 3.29. The Morgan fingerprint density at radius 2 is 2.07 bits per heavy atom. The Bertz CT molecular complexity index is 514. The first-order valence-corrected chi connectivity index (χ1v) is 6.95. The van der Waals surface area contributed by atoms with Crippen molar-refractivity contribution in [3.63, 3.8) is 0 Å². The topological polar surface area (TPSA) is 78.0 Å². The van der Waals surface area contributed by atoms with Crippen molar-refractivity contribution < 1.29 is 8.42 Å². The summed E-state index contributed by atoms with van der Waals surface area (Å²) in [5.41, 5.74) is 7.30. The molecule has 1 saturated carbocycles. The summed E-state index contributed by atoms with van der Waals surface area (Å²) in [6.45, 7) is 0. The molecule has 2 N–H and O–H groups in total. The van der Waals surface area contributed by atoms with Gasteiger partial charge >= 0.3 is 0 Å². The third kappa shape index (κ3) is 1.27. The molecule has 82 valence electrons. The largest absolute Gasteiger partial charge is 0.382 e. The molecular formula is C9H13N3O2S. The number of sulfone groups is 1. The molecule has 0 bridgehead atoms. The first kappa shape index (κ1) is 9.21. The van der Waals surface area contributed by atoms with Crippen LogP contribution in [0.1, 0.15) is 36.6 Å². The molecule has 15 heavy (non-hydrogen) atoms. The van der Waals surface area contributed by atoms with Gasteiger partial charge in [0.2, 0.25) is 0 Å². The van der Waals surface area contributed by atoms with Crippen molar-refractivity contribution in [1.29, 1.82) is 0 Å². The molecule has 3 rings (SSSR count). The molecule has 1 aromatic rings. The Balaban J connectivity index is 2.09. The van der Waals surface area contributed by atoms with E-state index in [-0.39, 0.29) is 11.5 Å². The van der Waals surface area contributed by atoms with Crippen molar-refractivity contribution in [3.05, 3.63) is 11.3 Å². The molecule has 0 unspecified atom stereocenters. The van der Waals surface area contributed by atoms with E-state index in [9.17, 15) is 8.42 Å². The van der Waals surface area contributed by atoms with Crippen LogP contribution in [0.5, 0.6) is 0 Å². The average Bonchev–Trinajstić information content (AvgIpc) is 2.47. The summed E-state index contributed by atoms with van der Waals surface area (Å²) in [5.74, 6) is 0.585. The minimum atomic E-state index is -2.97. The molecule has 0 amide bonds. The van der Waals surface area contributed by atoms with Gasteiger partial charge in [-0.25, -0.2) is 8.42 Å². The summed E-state index contributed by atoms with van der Waals surface area (Å²) >= 11 is 0. The molecule has 6 heteroatoms. The molecule has 0 spiro atoms. The molecule has 0 saturated heterocycles. The van der Waals surface area contributed by atoms with Crippen molar-refractivity contribution in [2.75, 3.05) is 5.73 Å². The number of rotatable bonds is 1. The zero-order chi connectivity index (χ0) is 10.6. The standard InChI is InChI=1S/C9H13N3O2S/c10-9-7-4-15(13,14)5-8(7)12(11-9)6-2-1-3-6/h6H,1-5H2,(H2,10,11). The quantitative estimate of drug-likeness (QED) is 0.762. The van der Waals surface area contributed by atoms with Crippen LogP contribution in [0.25, 0.3) is 0 Å². The molecular weight excluding hydrogens is 214 g/mol. The number of anilines is 1. The van der Waals surface area contributed by atoms with Gasteiger partial charge < -0.3 is 5.73 Å². The Morgan fingerprint density at radius 1 is 1.33 bits per heavy atom. The van der Waals surface area contributed by atoms with Crippen LogP contribution in [-0.4, -0.2) is 18.2 Å². The Kier molecular flexibility index (Phi) is 1.69. The number of hydrogen-bond acceptors (Lipinski definition) is 4. The normalized spacial score (nSPS) is 23.7. The van der Waals surface area contributed by atoms with Crippen molar-refractivity contribution in [2.24, 2.45) is 0 Å². The fourth-order valence-electron chi connectivity index (χ4n) is 2.25. The highest BCUT2D eigenvalue weighted by molar-refractivity contribution is 7.90. The minimum absolute atomic E-state index is 0.0703. The van der Waals surface area contributed by atoms with Crippen LogP contribution in [0.2, 0.25) is 0 Å². The molecule has 0 radical (unpaired) electrons. The van der Waals surface area contributed by atoms with E-state index in [1.165, 1.54) is 6.42 Å². The highest BCUT2D eigenvalue weighted by Crippen LogP contribution is 2.37. The third-order valence-corrected chi connectivity index (χ3v) is 4.73. The number of nitrogens with two attached hydrogens (primary N) is 1. The molecule has 1 aliphatic carbocycles. The smallest absolute Gasteiger partial charge is 0.160 e. The zero-order valence-corrected chi connectivity index (χ0v) is 9.13. The van der Waals surface area contributed by atoms with E-state index in [0.717, 1.165) is 24.1 Å². The van der Waals surface area contributed by atoms with Crippen molar-refractivity contribution in [2.45, 2.75) is 36.8 Å².